The van der Waals surface area contributed by atoms with Crippen molar-refractivity contribution in [3.05, 3.63) is 33.4 Å². The van der Waals surface area contributed by atoms with E-state index in [2.05, 4.69) is 58.9 Å². The molecule has 2 aliphatic carbocycles. The number of hydrogen-bond acceptors (Lipinski definition) is 2. The first-order valence-electron chi connectivity index (χ1n) is 8.08. The Morgan fingerprint density at radius 1 is 1.24 bits per heavy atom. The highest BCUT2D eigenvalue weighted by atomic mass is 127. The first-order chi connectivity index (χ1) is 10.2. The van der Waals surface area contributed by atoms with Gasteiger partial charge in [-0.05, 0) is 83.7 Å². The monoisotopic (exact) mass is 397 g/mol. The second kappa shape index (κ2) is 6.67. The van der Waals surface area contributed by atoms with Crippen molar-refractivity contribution < 1.29 is 4.84 Å². The third kappa shape index (κ3) is 3.13. The van der Waals surface area contributed by atoms with Crippen LogP contribution in [0, 0.1) is 21.3 Å². The van der Waals surface area contributed by atoms with Gasteiger partial charge in [0.1, 0.15) is 7.11 Å². The summed E-state index contributed by atoms with van der Waals surface area (Å²) in [6.07, 6.45) is 6.50. The second-order valence-electron chi connectivity index (χ2n) is 6.48. The summed E-state index contributed by atoms with van der Waals surface area (Å²) in [6.45, 7) is 2.21. The number of oxime groups is 1. The van der Waals surface area contributed by atoms with Crippen LogP contribution in [-0.2, 0) is 4.84 Å². The summed E-state index contributed by atoms with van der Waals surface area (Å²) < 4.78 is 1.31. The van der Waals surface area contributed by atoms with Crippen LogP contribution in [0.4, 0.5) is 0 Å². The Bertz CT molecular complexity index is 510. The molecule has 2 saturated carbocycles. The maximum absolute atomic E-state index is 5.14. The van der Waals surface area contributed by atoms with Gasteiger partial charge in [0.15, 0.2) is 0 Å². The van der Waals surface area contributed by atoms with Gasteiger partial charge >= 0.3 is 0 Å². The maximum Gasteiger partial charge on any atom is 0.106 e. The fraction of sp³-hybridized carbons (Fsp3) is 0.611. The number of benzene rings is 1. The van der Waals surface area contributed by atoms with E-state index in [1.54, 1.807) is 7.11 Å². The van der Waals surface area contributed by atoms with Crippen molar-refractivity contribution in [2.45, 2.75) is 44.9 Å². The molecule has 0 saturated heterocycles. The summed E-state index contributed by atoms with van der Waals surface area (Å²) in [5.41, 5.74) is 2.76. The molecule has 0 spiro atoms. The summed E-state index contributed by atoms with van der Waals surface area (Å²) in [5, 5.41) is 4.39. The fourth-order valence-corrected chi connectivity index (χ4v) is 4.88. The number of nitrogens with zero attached hydrogens (tertiary/aromatic N) is 1. The first kappa shape index (κ1) is 15.3. The van der Waals surface area contributed by atoms with Crippen molar-refractivity contribution in [3.8, 4) is 0 Å². The van der Waals surface area contributed by atoms with Crippen molar-refractivity contribution in [2.24, 2.45) is 22.9 Å². The van der Waals surface area contributed by atoms with Crippen LogP contribution in [0.2, 0.25) is 0 Å². The van der Waals surface area contributed by atoms with Crippen LogP contribution in [0.15, 0.2) is 29.4 Å². The van der Waals surface area contributed by atoms with Crippen LogP contribution in [0.5, 0.6) is 0 Å². The molecule has 1 aromatic carbocycles. The van der Waals surface area contributed by atoms with Crippen LogP contribution in [-0.4, -0.2) is 12.8 Å². The van der Waals surface area contributed by atoms with E-state index in [0.717, 1.165) is 18.3 Å². The van der Waals surface area contributed by atoms with Crippen LogP contribution in [0.1, 0.15) is 50.5 Å². The number of hydrogen-bond donors (Lipinski definition) is 0. The Hall–Kier alpha value is -0.580. The standard InChI is InChI=1S/C18H24INO/c1-3-17(20-21-2)18-14-5-4-12(10-14)11-16(18)13-6-8-15(19)9-7-13/h6-9,12,14,16,18H,3-5,10-11H2,1-2H3/t12?,14-,16-,18-/m1/s1. The summed E-state index contributed by atoms with van der Waals surface area (Å²) in [7, 11) is 1.68. The van der Waals surface area contributed by atoms with Gasteiger partial charge in [0, 0.05) is 9.49 Å². The zero-order valence-corrected chi connectivity index (χ0v) is 15.0. The molecule has 2 aliphatic rings. The molecule has 1 aromatic rings. The molecule has 4 atom stereocenters. The van der Waals surface area contributed by atoms with Crippen molar-refractivity contribution in [1.82, 2.24) is 0 Å². The highest BCUT2D eigenvalue weighted by Gasteiger charge is 2.44. The Labute approximate surface area is 141 Å². The molecule has 0 aromatic heterocycles. The highest BCUT2D eigenvalue weighted by Crippen LogP contribution is 2.52. The average Bonchev–Trinajstić information content (AvgIpc) is 2.88. The van der Waals surface area contributed by atoms with E-state index < -0.39 is 0 Å². The minimum atomic E-state index is 0.578. The summed E-state index contributed by atoms with van der Waals surface area (Å²) in [5.74, 6) is 2.94. The fourth-order valence-electron chi connectivity index (χ4n) is 4.52. The molecule has 0 heterocycles. The van der Waals surface area contributed by atoms with Gasteiger partial charge in [-0.3, -0.25) is 0 Å². The molecule has 2 fully saturated rings. The Balaban J connectivity index is 1.95. The van der Waals surface area contributed by atoms with E-state index in [0.29, 0.717) is 11.8 Å². The molecule has 114 valence electrons. The largest absolute Gasteiger partial charge is 0.399 e. The molecule has 0 radical (unpaired) electrons. The van der Waals surface area contributed by atoms with Crippen molar-refractivity contribution in [1.29, 1.82) is 0 Å². The normalized spacial score (nSPS) is 32.2. The molecule has 0 aliphatic heterocycles. The van der Waals surface area contributed by atoms with E-state index >= 15 is 0 Å². The number of fused-ring (bicyclic) bond motifs is 2. The summed E-state index contributed by atoms with van der Waals surface area (Å²) in [4.78, 5) is 5.14. The molecular formula is C18H24INO. The van der Waals surface area contributed by atoms with E-state index in [4.69, 9.17) is 4.84 Å². The predicted molar refractivity (Wildman–Crippen MR) is 95.6 cm³/mol. The molecular weight excluding hydrogens is 373 g/mol. The van der Waals surface area contributed by atoms with Crippen LogP contribution in [0.25, 0.3) is 0 Å². The minimum absolute atomic E-state index is 0.578. The lowest BCUT2D eigenvalue weighted by atomic mass is 9.67. The molecule has 3 heteroatoms. The quantitative estimate of drug-likeness (QED) is 0.388. The average molecular weight is 397 g/mol. The van der Waals surface area contributed by atoms with Crippen LogP contribution in [0.3, 0.4) is 0 Å². The van der Waals surface area contributed by atoms with Crippen molar-refractivity contribution in [3.63, 3.8) is 0 Å². The molecule has 0 N–H and O–H groups in total. The first-order valence-corrected chi connectivity index (χ1v) is 9.16. The molecule has 2 nitrogen and oxygen atoms in total. The SMILES string of the molecule is CCC(=NOC)[C@@H]1[C@@H]2CCC(C2)C[C@@H]1c1ccc(I)cc1. The van der Waals surface area contributed by atoms with Crippen molar-refractivity contribution in [2.75, 3.05) is 7.11 Å². The molecule has 0 amide bonds. The lowest BCUT2D eigenvalue weighted by molar-refractivity contribution is 0.200. The van der Waals surface area contributed by atoms with E-state index in [1.807, 2.05) is 0 Å². The van der Waals surface area contributed by atoms with Gasteiger partial charge in [0.2, 0.25) is 0 Å². The molecule has 1 unspecified atom stereocenters. The van der Waals surface area contributed by atoms with Gasteiger partial charge in [-0.1, -0.05) is 30.6 Å². The third-order valence-electron chi connectivity index (χ3n) is 5.36. The maximum atomic E-state index is 5.14. The third-order valence-corrected chi connectivity index (χ3v) is 6.08. The van der Waals surface area contributed by atoms with E-state index in [1.165, 1.54) is 40.5 Å². The Kier molecular flexibility index (Phi) is 4.87. The van der Waals surface area contributed by atoms with E-state index in [9.17, 15) is 0 Å². The summed E-state index contributed by atoms with van der Waals surface area (Å²) in [6, 6.07) is 9.12. The van der Waals surface area contributed by atoms with Crippen LogP contribution >= 0.6 is 22.6 Å². The highest BCUT2D eigenvalue weighted by molar-refractivity contribution is 14.1. The van der Waals surface area contributed by atoms with Gasteiger partial charge in [-0.2, -0.15) is 0 Å². The van der Waals surface area contributed by atoms with E-state index in [-0.39, 0.29) is 0 Å². The molecule has 3 rings (SSSR count). The van der Waals surface area contributed by atoms with Gasteiger partial charge in [0.25, 0.3) is 0 Å². The Morgan fingerprint density at radius 2 is 2.00 bits per heavy atom. The smallest absolute Gasteiger partial charge is 0.106 e. The predicted octanol–water partition coefficient (Wildman–Crippen LogP) is 5.22. The van der Waals surface area contributed by atoms with Crippen LogP contribution < -0.4 is 0 Å². The van der Waals surface area contributed by atoms with Gasteiger partial charge < -0.3 is 4.84 Å². The minimum Gasteiger partial charge on any atom is -0.399 e. The molecule has 21 heavy (non-hydrogen) atoms. The lowest BCUT2D eigenvalue weighted by Gasteiger charge is -2.37. The number of halogens is 1. The van der Waals surface area contributed by atoms with Gasteiger partial charge in [-0.25, -0.2) is 0 Å². The zero-order chi connectivity index (χ0) is 14.8. The second-order valence-corrected chi connectivity index (χ2v) is 7.72. The topological polar surface area (TPSA) is 21.6 Å². The van der Waals surface area contributed by atoms with Gasteiger partial charge in [0.05, 0.1) is 5.71 Å². The molecule has 2 bridgehead atoms. The Morgan fingerprint density at radius 3 is 2.67 bits per heavy atom. The van der Waals surface area contributed by atoms with Gasteiger partial charge in [-0.15, -0.1) is 0 Å². The van der Waals surface area contributed by atoms with Crippen molar-refractivity contribution >= 4 is 28.3 Å². The lowest BCUT2D eigenvalue weighted by Crippen LogP contribution is -2.32. The zero-order valence-electron chi connectivity index (χ0n) is 12.9. The number of rotatable bonds is 4. The summed E-state index contributed by atoms with van der Waals surface area (Å²) >= 11 is 2.38.